The molecule has 0 spiro atoms. The minimum absolute atomic E-state index is 0.0978. The molecule has 1 saturated carbocycles. The molecule has 2 aliphatic rings. The number of hydrogen-bond acceptors (Lipinski definition) is 6. The zero-order valence-electron chi connectivity index (χ0n) is 16.7. The van der Waals surface area contributed by atoms with Gasteiger partial charge in [-0.2, -0.15) is 0 Å². The van der Waals surface area contributed by atoms with E-state index < -0.39 is 28.1 Å². The van der Waals surface area contributed by atoms with E-state index in [1.54, 1.807) is 18.2 Å². The molecule has 0 aromatic heterocycles. The van der Waals surface area contributed by atoms with Crippen LogP contribution in [0.4, 0.5) is 0 Å². The number of amidine groups is 1. The Morgan fingerprint density at radius 1 is 1.14 bits per heavy atom. The smallest absolute Gasteiger partial charge is 0.331 e. The van der Waals surface area contributed by atoms with E-state index in [0.717, 1.165) is 25.7 Å². The molecule has 1 fully saturated rings. The van der Waals surface area contributed by atoms with Gasteiger partial charge in [0.25, 0.3) is 15.9 Å². The molecule has 1 aromatic rings. The minimum Gasteiger partial charge on any atom is -0.451 e. The fourth-order valence-corrected chi connectivity index (χ4v) is 4.78. The van der Waals surface area contributed by atoms with Crippen LogP contribution in [0.5, 0.6) is 0 Å². The van der Waals surface area contributed by atoms with Crippen molar-refractivity contribution in [3.63, 3.8) is 0 Å². The second-order valence-corrected chi connectivity index (χ2v) is 9.18. The largest absolute Gasteiger partial charge is 0.451 e. The lowest BCUT2D eigenvalue weighted by Crippen LogP contribution is -2.42. The van der Waals surface area contributed by atoms with Gasteiger partial charge in [-0.05, 0) is 38.8 Å². The van der Waals surface area contributed by atoms with Crippen LogP contribution in [0.2, 0.25) is 0 Å². The number of fused-ring (bicyclic) bond motifs is 1. The Bertz CT molecular complexity index is 904. The Morgan fingerprint density at radius 3 is 2.48 bits per heavy atom. The quantitative estimate of drug-likeness (QED) is 0.557. The SMILES string of the molecule is C[C@H](N=C1NS(=O)(=O)c2ccccc21)C(=O)O[C@H](C)C(=O)NC1CCCCCC1. The highest BCUT2D eigenvalue weighted by Crippen LogP contribution is 2.22. The number of benzene rings is 1. The van der Waals surface area contributed by atoms with Gasteiger partial charge in [0.1, 0.15) is 11.9 Å². The van der Waals surface area contributed by atoms with Crippen molar-refractivity contribution in [2.45, 2.75) is 75.5 Å². The summed E-state index contributed by atoms with van der Waals surface area (Å²) in [6.45, 7) is 3.03. The number of hydrogen-bond donors (Lipinski definition) is 2. The highest BCUT2D eigenvalue weighted by atomic mass is 32.2. The third-order valence-electron chi connectivity index (χ3n) is 5.19. The second kappa shape index (κ2) is 8.94. The average molecular weight is 422 g/mol. The molecule has 29 heavy (non-hydrogen) atoms. The first-order chi connectivity index (χ1) is 13.8. The maximum Gasteiger partial charge on any atom is 0.331 e. The number of carbonyl (C=O) groups excluding carboxylic acids is 2. The zero-order chi connectivity index (χ0) is 21.0. The van der Waals surface area contributed by atoms with Crippen molar-refractivity contribution in [1.82, 2.24) is 10.0 Å². The molecule has 0 bridgehead atoms. The van der Waals surface area contributed by atoms with Crippen molar-refractivity contribution < 1.29 is 22.7 Å². The summed E-state index contributed by atoms with van der Waals surface area (Å²) < 4.78 is 31.9. The maximum atomic E-state index is 12.4. The molecule has 1 aromatic carbocycles. The lowest BCUT2D eigenvalue weighted by atomic mass is 10.1. The van der Waals surface area contributed by atoms with Gasteiger partial charge in [-0.25, -0.2) is 13.2 Å². The average Bonchev–Trinajstić information content (AvgIpc) is 2.84. The third-order valence-corrected chi connectivity index (χ3v) is 6.59. The molecule has 0 unspecified atom stereocenters. The number of nitrogens with one attached hydrogen (secondary N) is 2. The number of amides is 1. The van der Waals surface area contributed by atoms with Crippen LogP contribution in [0, 0.1) is 0 Å². The Hall–Kier alpha value is -2.42. The van der Waals surface area contributed by atoms with E-state index in [2.05, 4.69) is 15.0 Å². The molecule has 2 N–H and O–H groups in total. The molecule has 0 radical (unpaired) electrons. The molecule has 1 aliphatic heterocycles. The molecule has 3 rings (SSSR count). The highest BCUT2D eigenvalue weighted by Gasteiger charge is 2.32. The van der Waals surface area contributed by atoms with Crippen molar-refractivity contribution in [3.8, 4) is 0 Å². The van der Waals surface area contributed by atoms with Gasteiger partial charge in [0, 0.05) is 11.6 Å². The van der Waals surface area contributed by atoms with E-state index in [1.807, 2.05) is 0 Å². The summed E-state index contributed by atoms with van der Waals surface area (Å²) in [5.41, 5.74) is 0.409. The maximum absolute atomic E-state index is 12.4. The van der Waals surface area contributed by atoms with Crippen LogP contribution in [0.1, 0.15) is 57.9 Å². The summed E-state index contributed by atoms with van der Waals surface area (Å²) in [7, 11) is -3.68. The number of rotatable bonds is 5. The number of nitrogens with zero attached hydrogens (tertiary/aromatic N) is 1. The summed E-state index contributed by atoms with van der Waals surface area (Å²) in [6, 6.07) is 5.56. The predicted molar refractivity (Wildman–Crippen MR) is 108 cm³/mol. The molecule has 0 saturated heterocycles. The molecule has 1 aliphatic carbocycles. The van der Waals surface area contributed by atoms with Gasteiger partial charge in [0.2, 0.25) is 0 Å². The van der Waals surface area contributed by atoms with Gasteiger partial charge in [0.05, 0.1) is 4.90 Å². The van der Waals surface area contributed by atoms with Crippen LogP contribution in [0.15, 0.2) is 34.2 Å². The summed E-state index contributed by atoms with van der Waals surface area (Å²) in [5, 5.41) is 2.96. The minimum atomic E-state index is -3.68. The number of aliphatic imine (C=N–C) groups is 1. The van der Waals surface area contributed by atoms with Crippen LogP contribution in [-0.4, -0.2) is 44.3 Å². The second-order valence-electron chi connectivity index (χ2n) is 7.53. The van der Waals surface area contributed by atoms with Crippen molar-refractivity contribution >= 4 is 27.7 Å². The summed E-state index contributed by atoms with van der Waals surface area (Å²) >= 11 is 0. The Balaban J connectivity index is 1.60. The molecule has 1 amide bonds. The number of esters is 1. The lowest BCUT2D eigenvalue weighted by Gasteiger charge is -2.20. The molecule has 8 nitrogen and oxygen atoms in total. The lowest BCUT2D eigenvalue weighted by molar-refractivity contribution is -0.155. The third kappa shape index (κ3) is 5.14. The van der Waals surface area contributed by atoms with Gasteiger partial charge in [0.15, 0.2) is 6.10 Å². The Labute approximate surface area is 171 Å². The van der Waals surface area contributed by atoms with E-state index in [-0.39, 0.29) is 22.7 Å². The summed E-state index contributed by atoms with van der Waals surface area (Å²) in [6.07, 6.45) is 5.48. The van der Waals surface area contributed by atoms with Crippen molar-refractivity contribution in [1.29, 1.82) is 0 Å². The van der Waals surface area contributed by atoms with Crippen LogP contribution in [0.25, 0.3) is 0 Å². The van der Waals surface area contributed by atoms with E-state index in [4.69, 9.17) is 4.74 Å². The number of sulfonamides is 1. The van der Waals surface area contributed by atoms with Gasteiger partial charge in [-0.3, -0.25) is 14.5 Å². The fourth-order valence-electron chi connectivity index (χ4n) is 3.54. The van der Waals surface area contributed by atoms with E-state index >= 15 is 0 Å². The van der Waals surface area contributed by atoms with Crippen LogP contribution in [-0.2, 0) is 24.3 Å². The Kier molecular flexibility index (Phi) is 6.56. The molecule has 1 heterocycles. The van der Waals surface area contributed by atoms with E-state index in [1.165, 1.54) is 32.8 Å². The Morgan fingerprint density at radius 2 is 1.79 bits per heavy atom. The molecule has 2 atom stereocenters. The van der Waals surface area contributed by atoms with Gasteiger partial charge >= 0.3 is 5.97 Å². The first kappa shape index (κ1) is 21.3. The van der Waals surface area contributed by atoms with Gasteiger partial charge in [-0.15, -0.1) is 0 Å². The summed E-state index contributed by atoms with van der Waals surface area (Å²) in [5.74, 6) is -0.915. The van der Waals surface area contributed by atoms with Crippen molar-refractivity contribution in [2.24, 2.45) is 4.99 Å². The zero-order valence-corrected chi connectivity index (χ0v) is 17.5. The van der Waals surface area contributed by atoms with Gasteiger partial charge < -0.3 is 10.1 Å². The molecular formula is C20H27N3O5S. The number of ether oxygens (including phenoxy) is 1. The highest BCUT2D eigenvalue weighted by molar-refractivity contribution is 7.90. The van der Waals surface area contributed by atoms with E-state index in [9.17, 15) is 18.0 Å². The van der Waals surface area contributed by atoms with E-state index in [0.29, 0.717) is 5.56 Å². The normalized spacial score (nSPS) is 22.1. The topological polar surface area (TPSA) is 114 Å². The molecule has 158 valence electrons. The van der Waals surface area contributed by atoms with Crippen molar-refractivity contribution in [3.05, 3.63) is 29.8 Å². The standard InChI is InChI=1S/C20H27N3O5S/c1-13(21-18-16-11-7-8-12-17(16)29(26,27)23-18)20(25)28-14(2)19(24)22-15-9-5-3-4-6-10-15/h7-8,11-15H,3-6,9-10H2,1-2H3,(H,21,23)(H,22,24)/t13-,14+/m0/s1. The van der Waals surface area contributed by atoms with Crippen LogP contribution < -0.4 is 10.0 Å². The molecular weight excluding hydrogens is 394 g/mol. The summed E-state index contributed by atoms with van der Waals surface area (Å²) in [4.78, 5) is 29.0. The van der Waals surface area contributed by atoms with Crippen LogP contribution in [0.3, 0.4) is 0 Å². The number of carbonyl (C=O) groups is 2. The van der Waals surface area contributed by atoms with Gasteiger partial charge in [-0.1, -0.05) is 37.8 Å². The fraction of sp³-hybridized carbons (Fsp3) is 0.550. The van der Waals surface area contributed by atoms with Crippen LogP contribution >= 0.6 is 0 Å². The molecule has 9 heteroatoms. The predicted octanol–water partition coefficient (Wildman–Crippen LogP) is 1.88. The first-order valence-electron chi connectivity index (χ1n) is 9.99. The monoisotopic (exact) mass is 421 g/mol. The van der Waals surface area contributed by atoms with Crippen molar-refractivity contribution in [2.75, 3.05) is 0 Å². The first-order valence-corrected chi connectivity index (χ1v) is 11.5.